The molecule has 0 fully saturated rings. The molecule has 0 aliphatic heterocycles. The Kier molecular flexibility index (Phi) is 10.6. The lowest BCUT2D eigenvalue weighted by Gasteiger charge is -2.28. The summed E-state index contributed by atoms with van der Waals surface area (Å²) in [5, 5.41) is 4.07. The van der Waals surface area contributed by atoms with E-state index in [1.165, 1.54) is 11.8 Å². The molecule has 0 bridgehead atoms. The van der Waals surface area contributed by atoms with E-state index in [1.807, 2.05) is 37.3 Å². The van der Waals surface area contributed by atoms with Crippen molar-refractivity contribution >= 4 is 46.8 Å². The molecule has 0 saturated heterocycles. The van der Waals surface area contributed by atoms with E-state index in [9.17, 15) is 9.59 Å². The Labute approximate surface area is 193 Å². The summed E-state index contributed by atoms with van der Waals surface area (Å²) in [6, 6.07) is 14.8. The number of hydrogen-bond acceptors (Lipinski definition) is 3. The van der Waals surface area contributed by atoms with Crippen molar-refractivity contribution in [2.45, 2.75) is 38.5 Å². The normalized spacial score (nSPS) is 11.7. The highest BCUT2D eigenvalue weighted by atomic mass is 35.5. The largest absolute Gasteiger partial charge is 0.354 e. The van der Waals surface area contributed by atoms with Crippen molar-refractivity contribution in [1.82, 2.24) is 10.2 Å². The molecule has 0 radical (unpaired) electrons. The van der Waals surface area contributed by atoms with Crippen LogP contribution in [-0.4, -0.2) is 41.6 Å². The van der Waals surface area contributed by atoms with E-state index >= 15 is 0 Å². The summed E-state index contributed by atoms with van der Waals surface area (Å²) in [6.45, 7) is 4.86. The quantitative estimate of drug-likeness (QED) is 0.494. The molecular weight excluding hydrogens is 439 g/mol. The van der Waals surface area contributed by atoms with Gasteiger partial charge in [-0.05, 0) is 43.0 Å². The predicted octanol–water partition coefficient (Wildman–Crippen LogP) is 5.21. The summed E-state index contributed by atoms with van der Waals surface area (Å²) in [6.07, 6.45) is 1.55. The molecule has 0 heterocycles. The van der Waals surface area contributed by atoms with Crippen LogP contribution in [0.25, 0.3) is 0 Å². The van der Waals surface area contributed by atoms with Crippen LogP contribution in [0.2, 0.25) is 10.0 Å². The molecule has 1 atom stereocenters. The van der Waals surface area contributed by atoms with E-state index in [-0.39, 0.29) is 17.6 Å². The van der Waals surface area contributed by atoms with Crippen LogP contribution < -0.4 is 5.32 Å². The number of carbonyl (C=O) groups excluding carboxylic acids is 2. The molecule has 0 aliphatic carbocycles. The van der Waals surface area contributed by atoms with Crippen LogP contribution in [0.5, 0.6) is 0 Å². The third kappa shape index (κ3) is 7.53. The van der Waals surface area contributed by atoms with Crippen molar-refractivity contribution in [3.8, 4) is 0 Å². The highest BCUT2D eigenvalue weighted by Gasteiger charge is 2.25. The average molecular weight is 467 g/mol. The maximum Gasteiger partial charge on any atom is 0.242 e. The lowest BCUT2D eigenvalue weighted by atomic mass is 10.1. The third-order valence-electron chi connectivity index (χ3n) is 4.73. The smallest absolute Gasteiger partial charge is 0.242 e. The Balaban J connectivity index is 2.02. The van der Waals surface area contributed by atoms with Gasteiger partial charge in [0, 0.05) is 28.9 Å². The zero-order valence-electron chi connectivity index (χ0n) is 17.4. The molecule has 0 spiro atoms. The van der Waals surface area contributed by atoms with Crippen LogP contribution in [0, 0.1) is 0 Å². The minimum Gasteiger partial charge on any atom is -0.354 e. The lowest BCUT2D eigenvalue weighted by Crippen LogP contribution is -2.49. The molecule has 0 aromatic heterocycles. The first-order valence-electron chi connectivity index (χ1n) is 10.1. The molecule has 4 nitrogen and oxygen atoms in total. The zero-order valence-corrected chi connectivity index (χ0v) is 19.7. The maximum atomic E-state index is 13.0. The van der Waals surface area contributed by atoms with Crippen LogP contribution in [0.4, 0.5) is 0 Å². The standard InChI is InChI=1S/C23H28Cl2N2O2S/c1-3-13-26-23(29)17(2)27(14-12-18-8-5-4-6-9-18)22(28)16-30-15-19-20(24)10-7-11-21(19)25/h4-11,17H,3,12-16H2,1-2H3,(H,26,29). The summed E-state index contributed by atoms with van der Waals surface area (Å²) in [5.41, 5.74) is 1.95. The minimum atomic E-state index is -0.530. The first-order chi connectivity index (χ1) is 14.4. The molecule has 30 heavy (non-hydrogen) atoms. The number of halogens is 2. The summed E-state index contributed by atoms with van der Waals surface area (Å²) in [4.78, 5) is 27.2. The molecule has 2 rings (SSSR count). The van der Waals surface area contributed by atoms with Gasteiger partial charge < -0.3 is 10.2 Å². The second-order valence-electron chi connectivity index (χ2n) is 6.98. The van der Waals surface area contributed by atoms with Gasteiger partial charge in [-0.1, -0.05) is 66.5 Å². The fourth-order valence-corrected chi connectivity index (χ4v) is 4.61. The molecule has 7 heteroatoms. The van der Waals surface area contributed by atoms with E-state index in [0.717, 1.165) is 17.5 Å². The van der Waals surface area contributed by atoms with Gasteiger partial charge in [-0.3, -0.25) is 9.59 Å². The van der Waals surface area contributed by atoms with Gasteiger partial charge in [-0.2, -0.15) is 0 Å². The monoisotopic (exact) mass is 466 g/mol. The van der Waals surface area contributed by atoms with Crippen LogP contribution in [0.1, 0.15) is 31.4 Å². The highest BCUT2D eigenvalue weighted by Crippen LogP contribution is 2.28. The Hall–Kier alpha value is -1.69. The van der Waals surface area contributed by atoms with Crippen molar-refractivity contribution in [3.63, 3.8) is 0 Å². The number of hydrogen-bond donors (Lipinski definition) is 1. The Morgan fingerprint density at radius 2 is 1.73 bits per heavy atom. The third-order valence-corrected chi connectivity index (χ3v) is 6.39. The number of benzene rings is 2. The number of nitrogens with zero attached hydrogens (tertiary/aromatic N) is 1. The van der Waals surface area contributed by atoms with Crippen molar-refractivity contribution in [3.05, 3.63) is 69.7 Å². The Morgan fingerprint density at radius 1 is 1.07 bits per heavy atom. The van der Waals surface area contributed by atoms with Gasteiger partial charge in [0.1, 0.15) is 6.04 Å². The topological polar surface area (TPSA) is 49.4 Å². The summed E-state index contributed by atoms with van der Waals surface area (Å²) >= 11 is 13.9. The first kappa shape index (κ1) is 24.6. The predicted molar refractivity (Wildman–Crippen MR) is 127 cm³/mol. The summed E-state index contributed by atoms with van der Waals surface area (Å²) < 4.78 is 0. The second kappa shape index (κ2) is 12.9. The van der Waals surface area contributed by atoms with Crippen LogP contribution in [-0.2, 0) is 21.8 Å². The maximum absolute atomic E-state index is 13.0. The minimum absolute atomic E-state index is 0.0711. The summed E-state index contributed by atoms with van der Waals surface area (Å²) in [5.74, 6) is 0.588. The highest BCUT2D eigenvalue weighted by molar-refractivity contribution is 7.99. The van der Waals surface area contributed by atoms with E-state index in [2.05, 4.69) is 5.32 Å². The SMILES string of the molecule is CCCNC(=O)C(C)N(CCc1ccccc1)C(=O)CSCc1c(Cl)cccc1Cl. The average Bonchev–Trinajstić information content (AvgIpc) is 2.74. The zero-order chi connectivity index (χ0) is 21.9. The first-order valence-corrected chi connectivity index (χ1v) is 12.0. The molecule has 2 aromatic rings. The van der Waals surface area contributed by atoms with Gasteiger partial charge in [-0.15, -0.1) is 11.8 Å². The molecule has 0 aliphatic rings. The van der Waals surface area contributed by atoms with Gasteiger partial charge in [0.05, 0.1) is 5.75 Å². The van der Waals surface area contributed by atoms with E-state index < -0.39 is 6.04 Å². The van der Waals surface area contributed by atoms with Crippen LogP contribution in [0.3, 0.4) is 0 Å². The van der Waals surface area contributed by atoms with Crippen molar-refractivity contribution < 1.29 is 9.59 Å². The van der Waals surface area contributed by atoms with Crippen molar-refractivity contribution in [2.75, 3.05) is 18.8 Å². The summed E-state index contributed by atoms with van der Waals surface area (Å²) in [7, 11) is 0. The number of thioether (sulfide) groups is 1. The Bertz CT molecular complexity index is 813. The van der Waals surface area contributed by atoms with Crippen LogP contribution in [0.15, 0.2) is 48.5 Å². The number of carbonyl (C=O) groups is 2. The van der Waals surface area contributed by atoms with E-state index in [0.29, 0.717) is 35.3 Å². The Morgan fingerprint density at radius 3 is 2.37 bits per heavy atom. The molecule has 2 amide bonds. The number of rotatable bonds is 11. The van der Waals surface area contributed by atoms with Gasteiger partial charge >= 0.3 is 0 Å². The molecule has 0 saturated carbocycles. The fourth-order valence-electron chi connectivity index (χ4n) is 2.96. The van der Waals surface area contributed by atoms with Gasteiger partial charge in [0.15, 0.2) is 0 Å². The van der Waals surface area contributed by atoms with E-state index in [1.54, 1.807) is 30.0 Å². The second-order valence-corrected chi connectivity index (χ2v) is 8.78. The lowest BCUT2D eigenvalue weighted by molar-refractivity contribution is -0.137. The molecule has 2 aromatic carbocycles. The van der Waals surface area contributed by atoms with Crippen molar-refractivity contribution in [1.29, 1.82) is 0 Å². The number of amides is 2. The van der Waals surface area contributed by atoms with Gasteiger partial charge in [0.25, 0.3) is 0 Å². The van der Waals surface area contributed by atoms with Gasteiger partial charge in [-0.25, -0.2) is 0 Å². The molecular formula is C23H28Cl2N2O2S. The van der Waals surface area contributed by atoms with Gasteiger partial charge in [0.2, 0.25) is 11.8 Å². The number of nitrogens with one attached hydrogen (secondary N) is 1. The molecule has 1 unspecified atom stereocenters. The molecule has 1 N–H and O–H groups in total. The van der Waals surface area contributed by atoms with Crippen molar-refractivity contribution in [2.24, 2.45) is 0 Å². The molecule has 162 valence electrons. The fraction of sp³-hybridized carbons (Fsp3) is 0.391. The van der Waals surface area contributed by atoms with E-state index in [4.69, 9.17) is 23.2 Å². The van der Waals surface area contributed by atoms with Crippen LogP contribution >= 0.6 is 35.0 Å².